The maximum atomic E-state index is 12.3. The second-order valence-electron chi connectivity index (χ2n) is 5.08. The first kappa shape index (κ1) is 16.6. The number of rotatable bonds is 8. The van der Waals surface area contributed by atoms with E-state index in [1.807, 2.05) is 32.0 Å². The van der Waals surface area contributed by atoms with Crippen LogP contribution in [-0.4, -0.2) is 36.5 Å². The third-order valence-electron chi connectivity index (χ3n) is 2.83. The first-order chi connectivity index (χ1) is 9.45. The molecule has 0 bridgehead atoms. The van der Waals surface area contributed by atoms with Crippen molar-refractivity contribution in [3.05, 3.63) is 30.1 Å². The summed E-state index contributed by atoms with van der Waals surface area (Å²) in [6.07, 6.45) is 4.00. The third-order valence-corrected chi connectivity index (χ3v) is 4.67. The molecule has 0 aliphatic carbocycles. The van der Waals surface area contributed by atoms with Crippen LogP contribution in [0.25, 0.3) is 0 Å². The van der Waals surface area contributed by atoms with Crippen molar-refractivity contribution in [3.8, 4) is 6.07 Å². The second-order valence-corrected chi connectivity index (χ2v) is 7.17. The van der Waals surface area contributed by atoms with E-state index in [0.717, 1.165) is 5.56 Å². The molecule has 6 heteroatoms. The summed E-state index contributed by atoms with van der Waals surface area (Å²) in [4.78, 5) is 3.91. The van der Waals surface area contributed by atoms with E-state index < -0.39 is 10.0 Å². The number of pyridine rings is 1. The topological polar surface area (TPSA) is 74.1 Å². The van der Waals surface area contributed by atoms with Crippen molar-refractivity contribution in [2.75, 3.05) is 18.8 Å². The van der Waals surface area contributed by atoms with Crippen LogP contribution >= 0.6 is 0 Å². The van der Waals surface area contributed by atoms with Crippen LogP contribution in [0.2, 0.25) is 0 Å². The van der Waals surface area contributed by atoms with Crippen LogP contribution in [0.1, 0.15) is 25.8 Å². The highest BCUT2D eigenvalue weighted by atomic mass is 32.2. The molecular formula is C14H21N3O2S. The molecule has 0 unspecified atom stereocenters. The number of hydrogen-bond acceptors (Lipinski definition) is 4. The highest BCUT2D eigenvalue weighted by molar-refractivity contribution is 7.89. The van der Waals surface area contributed by atoms with E-state index in [0.29, 0.717) is 13.0 Å². The Morgan fingerprint density at radius 3 is 2.55 bits per heavy atom. The number of sulfonamides is 1. The van der Waals surface area contributed by atoms with Gasteiger partial charge in [-0.2, -0.15) is 5.26 Å². The Bertz CT molecular complexity index is 535. The Kier molecular flexibility index (Phi) is 6.62. The summed E-state index contributed by atoms with van der Waals surface area (Å²) in [5.74, 6) is 0.305. The highest BCUT2D eigenvalue weighted by Crippen LogP contribution is 2.10. The molecule has 110 valence electrons. The zero-order chi connectivity index (χ0) is 15.0. The second kappa shape index (κ2) is 7.98. The van der Waals surface area contributed by atoms with Gasteiger partial charge in [-0.1, -0.05) is 13.8 Å². The molecular weight excluding hydrogens is 274 g/mol. The SMILES string of the molecule is CC(C)CN(CCC#N)S(=O)(=O)CCc1ccncc1. The Morgan fingerprint density at radius 2 is 2.00 bits per heavy atom. The van der Waals surface area contributed by atoms with Gasteiger partial charge in [0.05, 0.1) is 11.8 Å². The zero-order valence-corrected chi connectivity index (χ0v) is 12.8. The molecule has 0 saturated heterocycles. The van der Waals surface area contributed by atoms with Crippen LogP contribution in [0.3, 0.4) is 0 Å². The van der Waals surface area contributed by atoms with Crippen molar-refractivity contribution in [2.24, 2.45) is 5.92 Å². The molecule has 0 aromatic carbocycles. The first-order valence-corrected chi connectivity index (χ1v) is 8.30. The first-order valence-electron chi connectivity index (χ1n) is 6.69. The van der Waals surface area contributed by atoms with Crippen molar-refractivity contribution in [2.45, 2.75) is 26.7 Å². The Hall–Kier alpha value is -1.45. The van der Waals surface area contributed by atoms with Crippen LogP contribution < -0.4 is 0 Å². The molecule has 0 atom stereocenters. The van der Waals surface area contributed by atoms with Gasteiger partial charge in [0.15, 0.2) is 0 Å². The highest BCUT2D eigenvalue weighted by Gasteiger charge is 2.22. The van der Waals surface area contributed by atoms with Gasteiger partial charge in [0.25, 0.3) is 0 Å². The molecule has 0 fully saturated rings. The average molecular weight is 295 g/mol. The van der Waals surface area contributed by atoms with Crippen LogP contribution in [0.4, 0.5) is 0 Å². The molecule has 1 heterocycles. The monoisotopic (exact) mass is 295 g/mol. The minimum atomic E-state index is -3.33. The van der Waals surface area contributed by atoms with Crippen molar-refractivity contribution >= 4 is 10.0 Å². The maximum Gasteiger partial charge on any atom is 0.214 e. The summed E-state index contributed by atoms with van der Waals surface area (Å²) in [6.45, 7) is 4.67. The number of aryl methyl sites for hydroxylation is 1. The van der Waals surface area contributed by atoms with Gasteiger partial charge in [-0.05, 0) is 30.0 Å². The lowest BCUT2D eigenvalue weighted by molar-refractivity contribution is 0.373. The van der Waals surface area contributed by atoms with Gasteiger partial charge in [-0.3, -0.25) is 4.98 Å². The Labute approximate surface area is 121 Å². The maximum absolute atomic E-state index is 12.3. The third kappa shape index (κ3) is 5.68. The minimum Gasteiger partial charge on any atom is -0.265 e. The predicted molar refractivity (Wildman–Crippen MR) is 78.4 cm³/mol. The number of aromatic nitrogens is 1. The summed E-state index contributed by atoms with van der Waals surface area (Å²) < 4.78 is 26.1. The number of hydrogen-bond donors (Lipinski definition) is 0. The number of nitrogens with zero attached hydrogens (tertiary/aromatic N) is 3. The summed E-state index contributed by atoms with van der Waals surface area (Å²) in [7, 11) is -3.33. The molecule has 1 aromatic heterocycles. The van der Waals surface area contributed by atoms with Crippen molar-refractivity contribution < 1.29 is 8.42 Å². The van der Waals surface area contributed by atoms with Crippen LogP contribution in [0.5, 0.6) is 0 Å². The Morgan fingerprint density at radius 1 is 1.35 bits per heavy atom. The molecule has 0 aliphatic rings. The molecule has 1 rings (SSSR count). The molecule has 0 amide bonds. The fourth-order valence-electron chi connectivity index (χ4n) is 1.85. The molecule has 0 saturated carbocycles. The Balaban J connectivity index is 2.69. The van der Waals surface area contributed by atoms with Gasteiger partial charge in [-0.25, -0.2) is 12.7 Å². The molecule has 5 nitrogen and oxygen atoms in total. The van der Waals surface area contributed by atoms with Gasteiger partial charge in [0, 0.05) is 31.9 Å². The van der Waals surface area contributed by atoms with E-state index in [4.69, 9.17) is 5.26 Å². The van der Waals surface area contributed by atoms with E-state index in [1.165, 1.54) is 4.31 Å². The minimum absolute atomic E-state index is 0.0646. The van der Waals surface area contributed by atoms with E-state index in [9.17, 15) is 8.42 Å². The van der Waals surface area contributed by atoms with Gasteiger partial charge >= 0.3 is 0 Å². The summed E-state index contributed by atoms with van der Waals surface area (Å²) >= 11 is 0. The molecule has 0 aliphatic heterocycles. The summed E-state index contributed by atoms with van der Waals surface area (Å²) in [5, 5.41) is 8.64. The van der Waals surface area contributed by atoms with E-state index in [1.54, 1.807) is 12.4 Å². The van der Waals surface area contributed by atoms with Crippen molar-refractivity contribution in [1.29, 1.82) is 5.26 Å². The standard InChI is InChI=1S/C14H21N3O2S/c1-13(2)12-17(10-3-7-15)20(18,19)11-6-14-4-8-16-9-5-14/h4-5,8-9,13H,3,6,10-12H2,1-2H3. The lowest BCUT2D eigenvalue weighted by Crippen LogP contribution is -2.37. The molecule has 0 radical (unpaired) electrons. The fourth-order valence-corrected chi connectivity index (χ4v) is 3.50. The van der Waals surface area contributed by atoms with Crippen molar-refractivity contribution in [3.63, 3.8) is 0 Å². The normalized spacial score (nSPS) is 11.8. The predicted octanol–water partition coefficient (Wildman–Crippen LogP) is 1.83. The largest absolute Gasteiger partial charge is 0.265 e. The van der Waals surface area contributed by atoms with Crippen LogP contribution in [-0.2, 0) is 16.4 Å². The molecule has 0 N–H and O–H groups in total. The van der Waals surface area contributed by atoms with E-state index in [2.05, 4.69) is 4.98 Å². The quantitative estimate of drug-likeness (QED) is 0.733. The van der Waals surface area contributed by atoms with Gasteiger partial charge < -0.3 is 0 Å². The van der Waals surface area contributed by atoms with Crippen LogP contribution in [0.15, 0.2) is 24.5 Å². The van der Waals surface area contributed by atoms with Crippen LogP contribution in [0, 0.1) is 17.2 Å². The van der Waals surface area contributed by atoms with Gasteiger partial charge in [0.1, 0.15) is 0 Å². The molecule has 20 heavy (non-hydrogen) atoms. The van der Waals surface area contributed by atoms with Gasteiger partial charge in [-0.15, -0.1) is 0 Å². The zero-order valence-electron chi connectivity index (χ0n) is 12.0. The van der Waals surface area contributed by atoms with Crippen molar-refractivity contribution in [1.82, 2.24) is 9.29 Å². The lowest BCUT2D eigenvalue weighted by Gasteiger charge is -2.23. The average Bonchev–Trinajstić information content (AvgIpc) is 2.42. The molecule has 1 aromatic rings. The fraction of sp³-hybridized carbons (Fsp3) is 0.571. The lowest BCUT2D eigenvalue weighted by atomic mass is 10.2. The van der Waals surface area contributed by atoms with Gasteiger partial charge in [0.2, 0.25) is 10.0 Å². The van der Waals surface area contributed by atoms with E-state index >= 15 is 0 Å². The molecule has 0 spiro atoms. The summed E-state index contributed by atoms with van der Waals surface area (Å²) in [5.41, 5.74) is 0.952. The number of nitriles is 1. The smallest absolute Gasteiger partial charge is 0.214 e. The van der Waals surface area contributed by atoms with E-state index in [-0.39, 0.29) is 24.6 Å². The summed E-state index contributed by atoms with van der Waals surface area (Å²) in [6, 6.07) is 5.64.